The number of ether oxygens (including phenoxy) is 3. The van der Waals surface area contributed by atoms with Crippen LogP contribution in [0.2, 0.25) is 10.0 Å². The van der Waals surface area contributed by atoms with Gasteiger partial charge in [-0.1, -0.05) is 60.8 Å². The van der Waals surface area contributed by atoms with Crippen LogP contribution >= 0.6 is 48.0 Å². The third-order valence-electron chi connectivity index (χ3n) is 9.65. The van der Waals surface area contributed by atoms with Crippen molar-refractivity contribution in [1.29, 1.82) is 0 Å². The number of nitrogens with one attached hydrogen (secondary N) is 2. The van der Waals surface area contributed by atoms with Crippen LogP contribution in [-0.4, -0.2) is 95.4 Å². The first-order valence-electron chi connectivity index (χ1n) is 16.9. The van der Waals surface area contributed by atoms with Crippen LogP contribution in [0.1, 0.15) is 31.7 Å². The molecule has 1 aliphatic carbocycles. The smallest absolute Gasteiger partial charge is 0.334 e. The quantitative estimate of drug-likeness (QED) is 0.270. The number of amides is 2. The van der Waals surface area contributed by atoms with Crippen molar-refractivity contribution in [2.45, 2.75) is 50.3 Å². The van der Waals surface area contributed by atoms with Gasteiger partial charge >= 0.3 is 6.03 Å². The van der Waals surface area contributed by atoms with Crippen LogP contribution < -0.4 is 32.0 Å². The number of anilines is 1. The van der Waals surface area contributed by atoms with Gasteiger partial charge in [-0.15, -0.1) is 29.9 Å². The van der Waals surface area contributed by atoms with E-state index in [0.717, 1.165) is 63.4 Å². The molecular formula is C35H45Cl5N8O4. The van der Waals surface area contributed by atoms with Gasteiger partial charge < -0.3 is 31.5 Å². The molecule has 52 heavy (non-hydrogen) atoms. The van der Waals surface area contributed by atoms with Crippen LogP contribution in [0.4, 0.5) is 10.5 Å². The predicted molar refractivity (Wildman–Crippen MR) is 200 cm³/mol. The van der Waals surface area contributed by atoms with E-state index in [0.29, 0.717) is 42.0 Å². The van der Waals surface area contributed by atoms with Crippen molar-refractivity contribution in [3.8, 4) is 5.75 Å². The van der Waals surface area contributed by atoms with E-state index >= 15 is 0 Å². The highest BCUT2D eigenvalue weighted by Crippen LogP contribution is 2.40. The summed E-state index contributed by atoms with van der Waals surface area (Å²) in [4.78, 5) is 20.0. The minimum absolute atomic E-state index is 0. The van der Waals surface area contributed by atoms with Crippen LogP contribution in [0, 0.1) is 0 Å². The lowest BCUT2D eigenvalue weighted by Gasteiger charge is -2.50. The Kier molecular flexibility index (Phi) is 14.9. The number of unbranched alkanes of at least 4 members (excludes halogenated alkanes) is 1. The van der Waals surface area contributed by atoms with Crippen LogP contribution in [0.5, 0.6) is 5.75 Å². The number of H-pyrrole nitrogens is 1. The molecule has 3 saturated heterocycles. The fourth-order valence-corrected chi connectivity index (χ4v) is 7.62. The maximum atomic E-state index is 13.2. The molecule has 3 aliphatic heterocycles. The molecule has 3 fully saturated rings. The summed E-state index contributed by atoms with van der Waals surface area (Å²) < 4.78 is 20.8. The summed E-state index contributed by atoms with van der Waals surface area (Å²) in [7, 11) is 0. The number of aromatic nitrogens is 3. The van der Waals surface area contributed by atoms with Gasteiger partial charge in [-0.2, -0.15) is 0 Å². The molecule has 0 radical (unpaired) electrons. The zero-order valence-electron chi connectivity index (χ0n) is 28.8. The summed E-state index contributed by atoms with van der Waals surface area (Å²) in [6, 6.07) is 13.5. The van der Waals surface area contributed by atoms with E-state index in [2.05, 4.69) is 68.8 Å². The average molecular weight is 819 g/mol. The summed E-state index contributed by atoms with van der Waals surface area (Å²) in [5, 5.41) is 9.90. The Morgan fingerprint density at radius 1 is 1.08 bits per heavy atom. The summed E-state index contributed by atoms with van der Waals surface area (Å²) >= 11 is 12.8. The first-order valence-corrected chi connectivity index (χ1v) is 17.7. The molecule has 1 aromatic heterocycles. The lowest BCUT2D eigenvalue weighted by molar-refractivity contribution is -0.720. The van der Waals surface area contributed by atoms with Crippen molar-refractivity contribution in [3.05, 3.63) is 95.0 Å². The standard InChI is InChI=1S/C35H42Cl2N8O4.3ClH/c1-2-3-15-44-26-45(33(46)40-44)34(13-5-4-6-14-34)43-18-16-42(17-19-43)28-8-10-29(11-9-28)47-21-30-22-48-35(49-30,23-41-24-38-39-25-41)31-12-7-27(36)20-32(31)37;;;/h4-13,20,24-25,30H,2-3,14-19,21-23,26H2,1H3,(H,40,46);3*1H. The number of hydrogen-bond acceptors (Lipinski definition) is 8. The van der Waals surface area contributed by atoms with E-state index in [1.807, 2.05) is 32.7 Å². The van der Waals surface area contributed by atoms with Gasteiger partial charge in [0.2, 0.25) is 12.1 Å². The number of hydrogen-bond donors (Lipinski definition) is 2. The monoisotopic (exact) mass is 816 g/mol. The SMILES string of the molecule is CCCCN1CN(C2(N3CCN(c4ccc(OCC5COC(C[n+]6cn[nH]c6)(c6ccc(Cl)cc6Cl)O5)cc4)CC3)C=CC=CC2)C(=O)N1.Cl.Cl.[Cl-]. The molecule has 0 bridgehead atoms. The fourth-order valence-electron chi connectivity index (χ4n) is 7.07. The predicted octanol–water partition coefficient (Wildman–Crippen LogP) is 2.53. The second-order valence-corrected chi connectivity index (χ2v) is 13.7. The maximum Gasteiger partial charge on any atom is 0.334 e. The van der Waals surface area contributed by atoms with E-state index in [1.165, 1.54) is 0 Å². The topological polar surface area (TPSA) is 102 Å². The van der Waals surface area contributed by atoms with Crippen LogP contribution in [0.25, 0.3) is 0 Å². The lowest BCUT2D eigenvalue weighted by Crippen LogP contribution is -3.00. The number of allylic oxidation sites excluding steroid dienone is 2. The van der Waals surface area contributed by atoms with Gasteiger partial charge in [0.15, 0.2) is 0 Å². The van der Waals surface area contributed by atoms with Crippen LogP contribution in [-0.2, 0) is 21.8 Å². The Morgan fingerprint density at radius 3 is 2.54 bits per heavy atom. The Hall–Kier alpha value is -2.78. The number of urea groups is 1. The van der Waals surface area contributed by atoms with Gasteiger partial charge in [0.1, 0.15) is 30.7 Å². The molecule has 3 unspecified atom stereocenters. The number of carbonyl (C=O) groups excluding carboxylic acids is 1. The Balaban J connectivity index is 0.00000202. The second kappa shape index (κ2) is 18.5. The van der Waals surface area contributed by atoms with Crippen molar-refractivity contribution in [2.24, 2.45) is 0 Å². The molecule has 0 spiro atoms. The third-order valence-corrected chi connectivity index (χ3v) is 10.2. The number of carbonyl (C=O) groups is 1. The highest BCUT2D eigenvalue weighted by molar-refractivity contribution is 6.35. The zero-order valence-corrected chi connectivity index (χ0v) is 32.7. The molecule has 4 aliphatic rings. The van der Waals surface area contributed by atoms with Crippen LogP contribution in [0.3, 0.4) is 0 Å². The molecular weight excluding hydrogens is 774 g/mol. The number of halogens is 5. The molecule has 4 heterocycles. The maximum absolute atomic E-state index is 13.2. The minimum Gasteiger partial charge on any atom is -1.00 e. The van der Waals surface area contributed by atoms with Crippen molar-refractivity contribution < 1.29 is 36.0 Å². The van der Waals surface area contributed by atoms with E-state index in [4.69, 9.17) is 37.4 Å². The number of hydrazine groups is 1. The number of nitrogens with zero attached hydrogens (tertiary/aromatic N) is 6. The number of benzene rings is 2. The zero-order chi connectivity index (χ0) is 33.8. The van der Waals surface area contributed by atoms with Crippen molar-refractivity contribution >= 4 is 59.7 Å². The average Bonchev–Trinajstić information content (AvgIpc) is 3.88. The first-order chi connectivity index (χ1) is 23.9. The number of rotatable bonds is 12. The highest BCUT2D eigenvalue weighted by atomic mass is 35.5. The fraction of sp³-hybridized carbons (Fsp3) is 0.457. The normalized spacial score (nSPS) is 24.6. The van der Waals surface area contributed by atoms with E-state index in [1.54, 1.807) is 24.8 Å². The van der Waals surface area contributed by atoms with Crippen molar-refractivity contribution in [2.75, 3.05) is 57.5 Å². The molecule has 2 aromatic carbocycles. The Labute approximate surface area is 333 Å². The van der Waals surface area contributed by atoms with Gasteiger partial charge in [0, 0.05) is 60.5 Å². The molecule has 3 aromatic rings. The van der Waals surface area contributed by atoms with Gasteiger partial charge in [0.25, 0.3) is 6.33 Å². The Bertz CT molecular complexity index is 1660. The summed E-state index contributed by atoms with van der Waals surface area (Å²) in [6.07, 6.45) is 14.5. The molecule has 17 heteroatoms. The molecule has 7 rings (SSSR count). The van der Waals surface area contributed by atoms with Gasteiger partial charge in [-0.25, -0.2) is 14.4 Å². The summed E-state index contributed by atoms with van der Waals surface area (Å²) in [5.74, 6) is -0.367. The summed E-state index contributed by atoms with van der Waals surface area (Å²) in [6.45, 7) is 7.98. The number of aromatic amines is 1. The lowest BCUT2D eigenvalue weighted by atomic mass is 9.96. The second-order valence-electron chi connectivity index (χ2n) is 12.9. The molecule has 2 N–H and O–H groups in total. The first kappa shape index (κ1) is 42.0. The van der Waals surface area contributed by atoms with Crippen molar-refractivity contribution in [3.63, 3.8) is 0 Å². The van der Waals surface area contributed by atoms with Crippen molar-refractivity contribution in [1.82, 2.24) is 30.4 Å². The number of piperazine rings is 1. The molecule has 3 atom stereocenters. The minimum atomic E-state index is -1.12. The molecule has 0 saturated carbocycles. The Morgan fingerprint density at radius 2 is 1.87 bits per heavy atom. The van der Waals surface area contributed by atoms with E-state index in [9.17, 15) is 4.79 Å². The van der Waals surface area contributed by atoms with Gasteiger partial charge in [0.05, 0.1) is 18.3 Å². The molecule has 284 valence electrons. The van der Waals surface area contributed by atoms with E-state index < -0.39 is 11.4 Å². The molecule has 2 amide bonds. The van der Waals surface area contributed by atoms with Gasteiger partial charge in [-0.05, 0) is 48.9 Å². The van der Waals surface area contributed by atoms with E-state index in [-0.39, 0.29) is 49.4 Å². The molecule has 12 nitrogen and oxygen atoms in total. The largest absolute Gasteiger partial charge is 1.00 e. The summed E-state index contributed by atoms with van der Waals surface area (Å²) in [5.41, 5.74) is 4.44. The van der Waals surface area contributed by atoms with Gasteiger partial charge in [-0.3, -0.25) is 15.2 Å². The highest BCUT2D eigenvalue weighted by Gasteiger charge is 2.48. The third kappa shape index (κ3) is 8.94. The van der Waals surface area contributed by atoms with Crippen LogP contribution in [0.15, 0.2) is 79.4 Å².